The number of carbonyl (C=O) groups excluding carboxylic acids is 1. The van der Waals surface area contributed by atoms with Crippen LogP contribution in [0.3, 0.4) is 0 Å². The Labute approximate surface area is 153 Å². The Balaban J connectivity index is 1.88. The second kappa shape index (κ2) is 8.44. The zero-order valence-corrected chi connectivity index (χ0v) is 15.9. The average molecular weight is 405 g/mol. The number of hydrogen-bond acceptors (Lipinski definition) is 6. The van der Waals surface area contributed by atoms with Gasteiger partial charge in [0.05, 0.1) is 15.7 Å². The topological polar surface area (TPSA) is 153 Å². The van der Waals surface area contributed by atoms with E-state index in [0.29, 0.717) is 19.5 Å². The number of nitrogens with one attached hydrogen (secondary N) is 1. The zero-order valence-electron chi connectivity index (χ0n) is 14.3. The molecule has 1 saturated heterocycles. The highest BCUT2D eigenvalue weighted by Gasteiger charge is 2.23. The van der Waals surface area contributed by atoms with Crippen molar-refractivity contribution in [2.24, 2.45) is 16.8 Å². The molecular formula is C15H24N4O5S2. The van der Waals surface area contributed by atoms with E-state index in [9.17, 15) is 21.6 Å². The van der Waals surface area contributed by atoms with Crippen LogP contribution in [0.4, 0.5) is 0 Å². The Morgan fingerprint density at radius 3 is 2.58 bits per heavy atom. The summed E-state index contributed by atoms with van der Waals surface area (Å²) in [5, 5.41) is 5.02. The molecule has 1 fully saturated rings. The van der Waals surface area contributed by atoms with E-state index in [4.69, 9.17) is 10.9 Å². The zero-order chi connectivity index (χ0) is 19.4. The lowest BCUT2D eigenvalue weighted by Gasteiger charge is -2.31. The molecule has 1 aliphatic heterocycles. The molecule has 1 amide bonds. The van der Waals surface area contributed by atoms with Gasteiger partial charge in [-0.05, 0) is 50.6 Å². The number of amides is 1. The highest BCUT2D eigenvalue weighted by Crippen LogP contribution is 2.16. The van der Waals surface area contributed by atoms with Crippen LogP contribution in [-0.2, 0) is 24.8 Å². The summed E-state index contributed by atoms with van der Waals surface area (Å²) in [4.78, 5) is 12.9. The number of likely N-dealkylation sites (tertiary alicyclic amines) is 1. The molecule has 2 rings (SSSR count). The highest BCUT2D eigenvalue weighted by molar-refractivity contribution is 7.90. The summed E-state index contributed by atoms with van der Waals surface area (Å²) < 4.78 is 49.7. The first-order chi connectivity index (χ1) is 12.1. The van der Waals surface area contributed by atoms with Gasteiger partial charge in [-0.1, -0.05) is 6.07 Å². The van der Waals surface area contributed by atoms with E-state index < -0.39 is 20.0 Å². The van der Waals surface area contributed by atoms with E-state index >= 15 is 0 Å². The van der Waals surface area contributed by atoms with Crippen molar-refractivity contribution in [3.05, 3.63) is 24.3 Å². The number of piperidine rings is 1. The van der Waals surface area contributed by atoms with Crippen LogP contribution in [0.2, 0.25) is 0 Å². The lowest BCUT2D eigenvalue weighted by atomic mass is 9.97. The van der Waals surface area contributed by atoms with Gasteiger partial charge in [0.1, 0.15) is 0 Å². The first-order valence-corrected chi connectivity index (χ1v) is 11.3. The van der Waals surface area contributed by atoms with Crippen molar-refractivity contribution in [3.8, 4) is 0 Å². The van der Waals surface area contributed by atoms with Crippen LogP contribution in [0.1, 0.15) is 19.3 Å². The molecule has 0 aliphatic carbocycles. The number of hydrogen-bond donors (Lipinski definition) is 3. The maximum Gasteiger partial charge on any atom is 0.240 e. The fourth-order valence-electron chi connectivity index (χ4n) is 2.90. The van der Waals surface area contributed by atoms with Crippen molar-refractivity contribution < 1.29 is 21.6 Å². The van der Waals surface area contributed by atoms with Crippen molar-refractivity contribution >= 4 is 26.0 Å². The summed E-state index contributed by atoms with van der Waals surface area (Å²) in [6.45, 7) is 2.29. The summed E-state index contributed by atoms with van der Waals surface area (Å²) in [7, 11) is -7.81. The molecule has 11 heteroatoms. The van der Waals surface area contributed by atoms with Crippen LogP contribution in [0.5, 0.6) is 0 Å². The van der Waals surface area contributed by atoms with Gasteiger partial charge in [0.15, 0.2) is 0 Å². The molecular weight excluding hydrogens is 380 g/mol. The van der Waals surface area contributed by atoms with Crippen molar-refractivity contribution in [1.82, 2.24) is 9.62 Å². The SMILES string of the molecule is NC(=O)C1CCCN(CCCNS(=O)(=O)c2cccc(S(N)(=O)=O)c2)C1. The molecule has 0 aromatic heterocycles. The van der Waals surface area contributed by atoms with Gasteiger partial charge >= 0.3 is 0 Å². The Bertz CT molecular complexity index is 855. The Kier molecular flexibility index (Phi) is 6.74. The van der Waals surface area contributed by atoms with Gasteiger partial charge in [-0.15, -0.1) is 0 Å². The Morgan fingerprint density at radius 1 is 1.23 bits per heavy atom. The van der Waals surface area contributed by atoms with Gasteiger partial charge in [0.25, 0.3) is 0 Å². The number of sulfonamides is 2. The third-order valence-electron chi connectivity index (χ3n) is 4.30. The summed E-state index contributed by atoms with van der Waals surface area (Å²) in [6.07, 6.45) is 2.23. The lowest BCUT2D eigenvalue weighted by molar-refractivity contribution is -0.123. The summed E-state index contributed by atoms with van der Waals surface area (Å²) in [5.74, 6) is -0.452. The van der Waals surface area contributed by atoms with E-state index in [2.05, 4.69) is 9.62 Å². The molecule has 146 valence electrons. The smallest absolute Gasteiger partial charge is 0.240 e. The largest absolute Gasteiger partial charge is 0.369 e. The van der Waals surface area contributed by atoms with E-state index in [1.54, 1.807) is 0 Å². The predicted octanol–water partition coefficient (Wildman–Crippen LogP) is -0.800. The highest BCUT2D eigenvalue weighted by atomic mass is 32.2. The number of benzene rings is 1. The van der Waals surface area contributed by atoms with Crippen LogP contribution in [0, 0.1) is 5.92 Å². The van der Waals surface area contributed by atoms with Crippen LogP contribution < -0.4 is 15.6 Å². The fraction of sp³-hybridized carbons (Fsp3) is 0.533. The van der Waals surface area contributed by atoms with Crippen LogP contribution >= 0.6 is 0 Å². The number of carbonyl (C=O) groups is 1. The molecule has 1 aliphatic rings. The average Bonchev–Trinajstić information content (AvgIpc) is 2.58. The quantitative estimate of drug-likeness (QED) is 0.482. The van der Waals surface area contributed by atoms with Crippen LogP contribution in [0.25, 0.3) is 0 Å². The normalized spacial score (nSPS) is 19.3. The third-order valence-corrected chi connectivity index (χ3v) is 6.67. The van der Waals surface area contributed by atoms with E-state index in [-0.39, 0.29) is 28.2 Å². The molecule has 0 radical (unpaired) electrons. The standard InChI is InChI=1S/C15H24N4O5S2/c16-15(20)12-4-2-8-19(11-12)9-3-7-18-26(23,24)14-6-1-5-13(10-14)25(17,21)22/h1,5-6,10,12,18H,2-4,7-9,11H2,(H2,16,20)(H2,17,21,22). The molecule has 1 aromatic rings. The minimum Gasteiger partial charge on any atom is -0.369 e. The molecule has 0 spiro atoms. The number of rotatable bonds is 8. The van der Waals surface area contributed by atoms with E-state index in [1.165, 1.54) is 18.2 Å². The van der Waals surface area contributed by atoms with Gasteiger partial charge in [0, 0.05) is 13.1 Å². The number of primary sulfonamides is 1. The predicted molar refractivity (Wildman–Crippen MR) is 96.0 cm³/mol. The van der Waals surface area contributed by atoms with E-state index in [1.807, 2.05) is 0 Å². The molecule has 1 heterocycles. The maximum absolute atomic E-state index is 12.3. The van der Waals surface area contributed by atoms with Crippen molar-refractivity contribution in [2.75, 3.05) is 26.2 Å². The third kappa shape index (κ3) is 5.74. The minimum absolute atomic E-state index is 0.151. The first kappa shape index (κ1) is 20.8. The Hall–Kier alpha value is -1.53. The molecule has 0 saturated carbocycles. The summed E-state index contributed by atoms with van der Waals surface area (Å²) in [6, 6.07) is 4.89. The fourth-order valence-corrected chi connectivity index (χ4v) is 4.66. The number of nitrogens with zero attached hydrogens (tertiary/aromatic N) is 1. The molecule has 1 aromatic carbocycles. The molecule has 1 atom stereocenters. The maximum atomic E-state index is 12.3. The number of primary amides is 1. The second-order valence-corrected chi connectivity index (χ2v) is 9.64. The molecule has 5 N–H and O–H groups in total. The number of nitrogens with two attached hydrogens (primary N) is 2. The van der Waals surface area contributed by atoms with Gasteiger partial charge in [-0.2, -0.15) is 0 Å². The monoisotopic (exact) mass is 404 g/mol. The van der Waals surface area contributed by atoms with Gasteiger partial charge < -0.3 is 10.6 Å². The van der Waals surface area contributed by atoms with Gasteiger partial charge in [-0.3, -0.25) is 4.79 Å². The second-order valence-electron chi connectivity index (χ2n) is 6.31. The van der Waals surface area contributed by atoms with Crippen LogP contribution in [0.15, 0.2) is 34.1 Å². The summed E-state index contributed by atoms with van der Waals surface area (Å²) in [5.41, 5.74) is 5.34. The van der Waals surface area contributed by atoms with E-state index in [0.717, 1.165) is 25.5 Å². The Morgan fingerprint density at radius 2 is 1.92 bits per heavy atom. The van der Waals surface area contributed by atoms with Gasteiger partial charge in [-0.25, -0.2) is 26.7 Å². The first-order valence-electron chi connectivity index (χ1n) is 8.24. The van der Waals surface area contributed by atoms with Gasteiger partial charge in [0.2, 0.25) is 26.0 Å². The molecule has 1 unspecified atom stereocenters. The minimum atomic E-state index is -3.97. The summed E-state index contributed by atoms with van der Waals surface area (Å²) >= 11 is 0. The van der Waals surface area contributed by atoms with Crippen molar-refractivity contribution in [1.29, 1.82) is 0 Å². The molecule has 0 bridgehead atoms. The van der Waals surface area contributed by atoms with Crippen molar-refractivity contribution in [2.45, 2.75) is 29.1 Å². The van der Waals surface area contributed by atoms with Crippen LogP contribution in [-0.4, -0.2) is 53.8 Å². The van der Waals surface area contributed by atoms with Crippen molar-refractivity contribution in [3.63, 3.8) is 0 Å². The molecule has 9 nitrogen and oxygen atoms in total. The lowest BCUT2D eigenvalue weighted by Crippen LogP contribution is -2.42. The molecule has 26 heavy (non-hydrogen) atoms.